The van der Waals surface area contributed by atoms with Crippen LogP contribution in [0.2, 0.25) is 0 Å². The zero-order chi connectivity index (χ0) is 16.2. The molecule has 0 aliphatic carbocycles. The predicted molar refractivity (Wildman–Crippen MR) is 90.9 cm³/mol. The van der Waals surface area contributed by atoms with E-state index in [1.54, 1.807) is 0 Å². The van der Waals surface area contributed by atoms with E-state index in [2.05, 4.69) is 42.3 Å². The van der Waals surface area contributed by atoms with Crippen LogP contribution in [0.1, 0.15) is 25.8 Å². The molecule has 0 saturated carbocycles. The molecule has 0 aromatic heterocycles. The smallest absolute Gasteiger partial charge is 0.315 e. The summed E-state index contributed by atoms with van der Waals surface area (Å²) in [6.07, 6.45) is 0.278. The number of carbonyl (C=O) groups excluding carboxylic acids is 1. The predicted octanol–water partition coefficient (Wildman–Crippen LogP) is 3.53. The van der Waals surface area contributed by atoms with Crippen LogP contribution in [-0.2, 0) is 10.2 Å². The van der Waals surface area contributed by atoms with E-state index in [4.69, 9.17) is 4.74 Å². The van der Waals surface area contributed by atoms with Gasteiger partial charge in [-0.15, -0.1) is 0 Å². The van der Waals surface area contributed by atoms with Crippen molar-refractivity contribution in [2.75, 3.05) is 17.3 Å². The summed E-state index contributed by atoms with van der Waals surface area (Å²) in [7, 11) is 2.04. The number of ether oxygens (including phenoxy) is 1. The van der Waals surface area contributed by atoms with Crippen LogP contribution in [0.15, 0.2) is 48.5 Å². The van der Waals surface area contributed by atoms with Crippen LogP contribution in [0.25, 0.3) is 0 Å². The fourth-order valence-corrected chi connectivity index (χ4v) is 4.02. The van der Waals surface area contributed by atoms with Crippen molar-refractivity contribution in [1.82, 2.24) is 0 Å². The lowest BCUT2D eigenvalue weighted by atomic mass is 9.74. The second kappa shape index (κ2) is 4.51. The molecule has 23 heavy (non-hydrogen) atoms. The Bertz CT molecular complexity index is 799. The Balaban J connectivity index is 1.93. The van der Waals surface area contributed by atoms with Gasteiger partial charge in [0.15, 0.2) is 5.75 Å². The first-order chi connectivity index (χ1) is 11.0. The van der Waals surface area contributed by atoms with Gasteiger partial charge in [-0.2, -0.15) is 0 Å². The molecule has 118 valence electrons. The zero-order valence-electron chi connectivity index (χ0n) is 13.6. The molecule has 2 aromatic rings. The minimum atomic E-state index is -0.555. The maximum atomic E-state index is 12.5. The van der Waals surface area contributed by atoms with Gasteiger partial charge >= 0.3 is 5.97 Å². The molecule has 1 spiro atoms. The first-order valence-corrected chi connectivity index (χ1v) is 7.87. The average Bonchev–Trinajstić information content (AvgIpc) is 2.66. The molecule has 1 N–H and O–H groups in total. The Kier molecular flexibility index (Phi) is 2.77. The number of anilines is 2. The number of rotatable bonds is 0. The van der Waals surface area contributed by atoms with Crippen LogP contribution in [0.3, 0.4) is 0 Å². The minimum Gasteiger partial charge on any atom is -0.424 e. The van der Waals surface area contributed by atoms with E-state index in [1.807, 2.05) is 37.4 Å². The molecule has 0 bridgehead atoms. The number of nitrogens with zero attached hydrogens (tertiary/aromatic N) is 1. The van der Waals surface area contributed by atoms with E-state index >= 15 is 0 Å². The summed E-state index contributed by atoms with van der Waals surface area (Å²) in [5.41, 5.74) is 2.43. The molecule has 4 nitrogen and oxygen atoms in total. The lowest BCUT2D eigenvalue weighted by molar-refractivity contribution is -0.135. The summed E-state index contributed by atoms with van der Waals surface area (Å²) in [6.45, 7) is 4.37. The highest BCUT2D eigenvalue weighted by atomic mass is 16.5. The summed E-state index contributed by atoms with van der Waals surface area (Å²) in [4.78, 5) is 14.7. The summed E-state index contributed by atoms with van der Waals surface area (Å²) >= 11 is 0. The van der Waals surface area contributed by atoms with Crippen molar-refractivity contribution in [2.24, 2.45) is 0 Å². The second-order valence-corrected chi connectivity index (χ2v) is 6.83. The number of hydrogen-bond acceptors (Lipinski definition) is 4. The molecule has 2 aromatic carbocycles. The summed E-state index contributed by atoms with van der Waals surface area (Å²) in [5, 5.41) is 3.63. The van der Waals surface area contributed by atoms with Gasteiger partial charge in [0.25, 0.3) is 0 Å². The number of hydrogen-bond donors (Lipinski definition) is 1. The lowest BCUT2D eigenvalue weighted by Crippen LogP contribution is -2.60. The van der Waals surface area contributed by atoms with Crippen LogP contribution in [0.5, 0.6) is 5.75 Å². The Morgan fingerprint density at radius 2 is 1.78 bits per heavy atom. The molecule has 0 fully saturated rings. The number of carbonyl (C=O) groups is 1. The first-order valence-electron chi connectivity index (χ1n) is 7.87. The van der Waals surface area contributed by atoms with Crippen molar-refractivity contribution in [2.45, 2.75) is 31.3 Å². The van der Waals surface area contributed by atoms with Crippen LogP contribution in [0.4, 0.5) is 11.4 Å². The highest BCUT2D eigenvalue weighted by Gasteiger charge is 2.58. The van der Waals surface area contributed by atoms with Crippen molar-refractivity contribution in [3.63, 3.8) is 0 Å². The summed E-state index contributed by atoms with van der Waals surface area (Å²) < 4.78 is 5.56. The van der Waals surface area contributed by atoms with Crippen molar-refractivity contribution in [3.05, 3.63) is 54.1 Å². The third kappa shape index (κ3) is 1.75. The van der Waals surface area contributed by atoms with E-state index < -0.39 is 5.66 Å². The third-order valence-electron chi connectivity index (χ3n) is 5.40. The van der Waals surface area contributed by atoms with Crippen LogP contribution in [0, 0.1) is 0 Å². The van der Waals surface area contributed by atoms with Gasteiger partial charge in [-0.05, 0) is 23.8 Å². The van der Waals surface area contributed by atoms with Gasteiger partial charge in [0.1, 0.15) is 5.66 Å². The van der Waals surface area contributed by atoms with Gasteiger partial charge in [0.2, 0.25) is 0 Å². The Labute approximate surface area is 136 Å². The van der Waals surface area contributed by atoms with Crippen LogP contribution >= 0.6 is 0 Å². The Morgan fingerprint density at radius 1 is 1.09 bits per heavy atom. The summed E-state index contributed by atoms with van der Waals surface area (Å²) in [5.74, 6) is 0.379. The van der Waals surface area contributed by atoms with E-state index in [9.17, 15) is 4.79 Å². The van der Waals surface area contributed by atoms with Gasteiger partial charge < -0.3 is 15.0 Å². The second-order valence-electron chi connectivity index (χ2n) is 6.83. The number of para-hydroxylation sites is 3. The highest BCUT2D eigenvalue weighted by Crippen LogP contribution is 2.53. The number of esters is 1. The fraction of sp³-hybridized carbons (Fsp3) is 0.316. The molecule has 0 radical (unpaired) electrons. The Morgan fingerprint density at radius 3 is 2.57 bits per heavy atom. The number of likely N-dealkylation sites (N-methyl/N-ethyl adjacent to an activating group) is 1. The number of benzene rings is 2. The normalized spacial score (nSPS) is 24.5. The van der Waals surface area contributed by atoms with Gasteiger partial charge in [0.05, 0.1) is 12.1 Å². The van der Waals surface area contributed by atoms with Crippen molar-refractivity contribution in [3.8, 4) is 5.75 Å². The maximum Gasteiger partial charge on any atom is 0.315 e. The molecular formula is C19H20N2O2. The van der Waals surface area contributed by atoms with Crippen LogP contribution < -0.4 is 15.0 Å². The molecule has 2 aliphatic rings. The van der Waals surface area contributed by atoms with E-state index in [-0.39, 0.29) is 17.8 Å². The molecule has 0 saturated heterocycles. The van der Waals surface area contributed by atoms with Gasteiger partial charge in [-0.3, -0.25) is 4.79 Å². The van der Waals surface area contributed by atoms with E-state index in [0.717, 1.165) is 11.4 Å². The highest BCUT2D eigenvalue weighted by molar-refractivity contribution is 5.83. The molecule has 4 heteroatoms. The van der Waals surface area contributed by atoms with Gasteiger partial charge in [-0.25, -0.2) is 0 Å². The molecular weight excluding hydrogens is 288 g/mol. The van der Waals surface area contributed by atoms with E-state index in [1.165, 1.54) is 5.56 Å². The van der Waals surface area contributed by atoms with Gasteiger partial charge in [-0.1, -0.05) is 44.2 Å². The molecule has 1 atom stereocenters. The fourth-order valence-electron chi connectivity index (χ4n) is 4.02. The quantitative estimate of drug-likeness (QED) is 0.597. The molecule has 2 aliphatic heterocycles. The topological polar surface area (TPSA) is 41.6 Å². The zero-order valence-corrected chi connectivity index (χ0v) is 13.6. The molecule has 0 amide bonds. The van der Waals surface area contributed by atoms with Crippen molar-refractivity contribution >= 4 is 17.3 Å². The molecule has 2 heterocycles. The maximum absolute atomic E-state index is 12.5. The first kappa shape index (κ1) is 14.1. The standard InChI is InChI=1S/C19H20N2O2/c1-18(2)13-8-4-6-10-15(13)21(3)19(18)12-17(22)23-16-11-7-5-9-14(16)20-19/h4-11,20H,12H2,1-3H3. The van der Waals surface area contributed by atoms with Crippen molar-refractivity contribution < 1.29 is 9.53 Å². The van der Waals surface area contributed by atoms with Crippen LogP contribution in [-0.4, -0.2) is 18.7 Å². The lowest BCUT2D eigenvalue weighted by Gasteiger charge is -2.46. The number of fused-ring (bicyclic) bond motifs is 2. The number of nitrogens with one attached hydrogen (secondary N) is 1. The van der Waals surface area contributed by atoms with Gasteiger partial charge in [0, 0.05) is 18.2 Å². The third-order valence-corrected chi connectivity index (χ3v) is 5.40. The van der Waals surface area contributed by atoms with Crippen molar-refractivity contribution in [1.29, 1.82) is 0 Å². The minimum absolute atomic E-state index is 0.213. The largest absolute Gasteiger partial charge is 0.424 e. The van der Waals surface area contributed by atoms with E-state index in [0.29, 0.717) is 5.75 Å². The summed E-state index contributed by atoms with van der Waals surface area (Å²) in [6, 6.07) is 16.0. The molecule has 1 unspecified atom stereocenters. The average molecular weight is 308 g/mol. The Hall–Kier alpha value is -2.49. The SMILES string of the molecule is CN1c2ccccc2C(C)(C)C12CC(=O)Oc1ccccc1N2. The molecule has 4 rings (SSSR count). The monoisotopic (exact) mass is 308 g/mol.